The fourth-order valence-corrected chi connectivity index (χ4v) is 7.10. The summed E-state index contributed by atoms with van der Waals surface area (Å²) in [6, 6.07) is 35.1. The first-order valence-corrected chi connectivity index (χ1v) is 13.4. The maximum atomic E-state index is 5.32. The van der Waals surface area contributed by atoms with Crippen molar-refractivity contribution in [3.63, 3.8) is 0 Å². The van der Waals surface area contributed by atoms with E-state index in [4.69, 9.17) is 9.47 Å². The highest BCUT2D eigenvalue weighted by molar-refractivity contribution is 7.22. The summed E-state index contributed by atoms with van der Waals surface area (Å²) in [7, 11) is 3.41. The normalized spacial score (nSPS) is 11.6. The van der Waals surface area contributed by atoms with Crippen molar-refractivity contribution in [2.24, 2.45) is 0 Å². The third-order valence-electron chi connectivity index (χ3n) is 6.86. The van der Waals surface area contributed by atoms with Crippen LogP contribution >= 0.6 is 22.7 Å². The van der Waals surface area contributed by atoms with E-state index in [0.29, 0.717) is 0 Å². The van der Waals surface area contributed by atoms with Crippen LogP contribution in [0.5, 0.6) is 11.5 Å². The molecule has 7 aromatic rings. The Balaban J connectivity index is 1.36. The molecule has 4 heteroatoms. The lowest BCUT2D eigenvalue weighted by molar-refractivity contribution is 0.415. The molecule has 0 saturated heterocycles. The minimum absolute atomic E-state index is 0.882. The summed E-state index contributed by atoms with van der Waals surface area (Å²) >= 11 is 3.69. The number of hydrogen-bond donors (Lipinski definition) is 0. The molecule has 0 amide bonds. The molecule has 0 bridgehead atoms. The molecular formula is C32H22O2S2. The number of thiophene rings is 2. The Morgan fingerprint density at radius 3 is 1.25 bits per heavy atom. The summed E-state index contributed by atoms with van der Waals surface area (Å²) in [5.74, 6) is 1.76. The molecule has 0 aliphatic carbocycles. The number of benzene rings is 5. The highest BCUT2D eigenvalue weighted by atomic mass is 32.1. The van der Waals surface area contributed by atoms with Crippen LogP contribution in [0.3, 0.4) is 0 Å². The van der Waals surface area contributed by atoms with Crippen molar-refractivity contribution in [2.75, 3.05) is 14.2 Å². The first kappa shape index (κ1) is 21.4. The van der Waals surface area contributed by atoms with E-state index in [1.807, 2.05) is 46.9 Å². The molecule has 2 heterocycles. The molecule has 2 nitrogen and oxygen atoms in total. The summed E-state index contributed by atoms with van der Waals surface area (Å²) < 4.78 is 13.3. The van der Waals surface area contributed by atoms with E-state index in [9.17, 15) is 0 Å². The standard InChI is InChI=1S/C32H22O2S2/c1-33-25-9-5-19(6-10-25)29-15-23-13-21-3-4-22-14-24-16-30(20-7-11-26(34-2)12-8-20)36-32(24)18-28(22)27(21)17-31(23)35-29/h3-18H,1-2H3. The maximum Gasteiger partial charge on any atom is 0.118 e. The predicted octanol–water partition coefficient (Wildman–Crippen LogP) is 9.77. The van der Waals surface area contributed by atoms with Crippen molar-refractivity contribution >= 4 is 64.4 Å². The molecule has 5 aromatic carbocycles. The largest absolute Gasteiger partial charge is 0.497 e. The molecule has 0 unspecified atom stereocenters. The molecule has 0 aliphatic rings. The number of methoxy groups -OCH3 is 2. The van der Waals surface area contributed by atoms with Gasteiger partial charge in [0.2, 0.25) is 0 Å². The molecule has 0 aliphatic heterocycles. The van der Waals surface area contributed by atoms with Crippen molar-refractivity contribution in [3.05, 3.63) is 97.1 Å². The second-order valence-corrected chi connectivity index (χ2v) is 11.1. The fraction of sp³-hybridized carbons (Fsp3) is 0.0625. The monoisotopic (exact) mass is 502 g/mol. The van der Waals surface area contributed by atoms with Gasteiger partial charge in [0.1, 0.15) is 11.5 Å². The van der Waals surface area contributed by atoms with Crippen LogP contribution in [-0.2, 0) is 0 Å². The van der Waals surface area contributed by atoms with Crippen LogP contribution in [0.1, 0.15) is 0 Å². The predicted molar refractivity (Wildman–Crippen MR) is 156 cm³/mol. The van der Waals surface area contributed by atoms with Crippen LogP contribution in [0.2, 0.25) is 0 Å². The van der Waals surface area contributed by atoms with Crippen LogP contribution in [-0.4, -0.2) is 14.2 Å². The summed E-state index contributed by atoms with van der Waals surface area (Å²) in [6.07, 6.45) is 0. The van der Waals surface area contributed by atoms with Gasteiger partial charge in [-0.2, -0.15) is 0 Å². The van der Waals surface area contributed by atoms with Gasteiger partial charge in [0, 0.05) is 19.2 Å². The van der Waals surface area contributed by atoms with Crippen LogP contribution < -0.4 is 9.47 Å². The Bertz CT molecular complexity index is 1750. The lowest BCUT2D eigenvalue weighted by atomic mass is 9.99. The van der Waals surface area contributed by atoms with Crippen molar-refractivity contribution in [1.29, 1.82) is 0 Å². The molecule has 0 saturated carbocycles. The number of fused-ring (bicyclic) bond motifs is 5. The van der Waals surface area contributed by atoms with E-state index < -0.39 is 0 Å². The van der Waals surface area contributed by atoms with E-state index in [1.165, 1.54) is 62.6 Å². The summed E-state index contributed by atoms with van der Waals surface area (Å²) in [5, 5.41) is 7.75. The molecular weight excluding hydrogens is 480 g/mol. The third-order valence-corrected chi connectivity index (χ3v) is 9.15. The van der Waals surface area contributed by atoms with Crippen molar-refractivity contribution < 1.29 is 9.47 Å². The van der Waals surface area contributed by atoms with Gasteiger partial charge in [0.05, 0.1) is 14.2 Å². The zero-order valence-electron chi connectivity index (χ0n) is 19.9. The second-order valence-electron chi connectivity index (χ2n) is 8.97. The fourth-order valence-electron chi connectivity index (χ4n) is 4.93. The highest BCUT2D eigenvalue weighted by Gasteiger charge is 2.11. The van der Waals surface area contributed by atoms with E-state index >= 15 is 0 Å². The van der Waals surface area contributed by atoms with Gasteiger partial charge in [0.15, 0.2) is 0 Å². The van der Waals surface area contributed by atoms with Gasteiger partial charge in [-0.15, -0.1) is 22.7 Å². The number of hydrogen-bond acceptors (Lipinski definition) is 4. The molecule has 0 spiro atoms. The minimum Gasteiger partial charge on any atom is -0.497 e. The molecule has 36 heavy (non-hydrogen) atoms. The quantitative estimate of drug-likeness (QED) is 0.223. The van der Waals surface area contributed by atoms with Crippen LogP contribution in [0, 0.1) is 0 Å². The van der Waals surface area contributed by atoms with Gasteiger partial charge in [-0.1, -0.05) is 12.1 Å². The SMILES string of the molecule is COc1ccc(-c2cc3cc4ccc5cc6cc(-c7ccc(OC)cc7)sc6cc5c4cc3s2)cc1. The van der Waals surface area contributed by atoms with E-state index in [0.717, 1.165) is 11.5 Å². The third kappa shape index (κ3) is 3.53. The molecule has 7 rings (SSSR count). The van der Waals surface area contributed by atoms with Crippen LogP contribution in [0.15, 0.2) is 97.1 Å². The zero-order valence-corrected chi connectivity index (χ0v) is 21.5. The summed E-state index contributed by atoms with van der Waals surface area (Å²) in [5.41, 5.74) is 2.44. The van der Waals surface area contributed by atoms with Gasteiger partial charge < -0.3 is 9.47 Å². The van der Waals surface area contributed by atoms with Gasteiger partial charge in [0.25, 0.3) is 0 Å². The van der Waals surface area contributed by atoms with Crippen molar-refractivity contribution in [2.45, 2.75) is 0 Å². The first-order chi connectivity index (χ1) is 17.7. The molecule has 0 atom stereocenters. The summed E-state index contributed by atoms with van der Waals surface area (Å²) in [4.78, 5) is 2.55. The second kappa shape index (κ2) is 8.37. The Labute approximate surface area is 217 Å². The van der Waals surface area contributed by atoms with E-state index in [2.05, 4.69) is 72.8 Å². The van der Waals surface area contributed by atoms with Crippen molar-refractivity contribution in [1.82, 2.24) is 0 Å². The van der Waals surface area contributed by atoms with Gasteiger partial charge in [-0.25, -0.2) is 0 Å². The lowest BCUT2D eigenvalue weighted by Crippen LogP contribution is -1.81. The van der Waals surface area contributed by atoms with Gasteiger partial charge >= 0.3 is 0 Å². The topological polar surface area (TPSA) is 18.5 Å². The molecule has 0 N–H and O–H groups in total. The Morgan fingerprint density at radius 2 is 0.861 bits per heavy atom. The molecule has 0 fully saturated rings. The van der Waals surface area contributed by atoms with E-state index in [-0.39, 0.29) is 0 Å². The lowest BCUT2D eigenvalue weighted by Gasteiger charge is -2.05. The molecule has 0 radical (unpaired) electrons. The summed E-state index contributed by atoms with van der Waals surface area (Å²) in [6.45, 7) is 0. The first-order valence-electron chi connectivity index (χ1n) is 11.8. The van der Waals surface area contributed by atoms with Gasteiger partial charge in [-0.05, 0) is 128 Å². The molecule has 174 valence electrons. The van der Waals surface area contributed by atoms with Crippen molar-refractivity contribution in [3.8, 4) is 32.4 Å². The smallest absolute Gasteiger partial charge is 0.118 e. The Kier molecular flexibility index (Phi) is 4.98. The average molecular weight is 503 g/mol. The Hall–Kier alpha value is -3.86. The zero-order chi connectivity index (χ0) is 24.2. The Morgan fingerprint density at radius 1 is 0.444 bits per heavy atom. The highest BCUT2D eigenvalue weighted by Crippen LogP contribution is 2.41. The minimum atomic E-state index is 0.882. The number of ether oxygens (including phenoxy) is 2. The average Bonchev–Trinajstić information content (AvgIpc) is 3.54. The van der Waals surface area contributed by atoms with Crippen LogP contribution in [0.4, 0.5) is 0 Å². The van der Waals surface area contributed by atoms with E-state index in [1.54, 1.807) is 14.2 Å². The number of rotatable bonds is 4. The van der Waals surface area contributed by atoms with Crippen LogP contribution in [0.25, 0.3) is 62.6 Å². The maximum absolute atomic E-state index is 5.32. The van der Waals surface area contributed by atoms with Gasteiger partial charge in [-0.3, -0.25) is 0 Å². The molecule has 2 aromatic heterocycles.